The van der Waals surface area contributed by atoms with Crippen molar-refractivity contribution in [1.82, 2.24) is 10.3 Å². The molecule has 4 aromatic rings. The topological polar surface area (TPSA) is 100 Å². The zero-order valence-electron chi connectivity index (χ0n) is 22.5. The quantitative estimate of drug-likeness (QED) is 0.252. The number of nitrogens with one attached hydrogen (secondary N) is 2. The van der Waals surface area contributed by atoms with Crippen LogP contribution in [-0.4, -0.2) is 52.2 Å². The molecule has 1 amide bonds. The number of hydrogen-bond acceptors (Lipinski definition) is 8. The van der Waals surface area contributed by atoms with Crippen molar-refractivity contribution in [3.63, 3.8) is 0 Å². The van der Waals surface area contributed by atoms with Crippen molar-refractivity contribution in [3.05, 3.63) is 54.1 Å². The first-order valence-corrected chi connectivity index (χ1v) is 12.3. The summed E-state index contributed by atoms with van der Waals surface area (Å²) < 4.78 is 27.5. The molecule has 0 radical (unpaired) electrons. The van der Waals surface area contributed by atoms with E-state index in [0.717, 1.165) is 38.7 Å². The molecule has 0 fully saturated rings. The molecule has 0 saturated heterocycles. The second-order valence-electron chi connectivity index (χ2n) is 8.95. The van der Waals surface area contributed by atoms with Crippen molar-refractivity contribution in [1.29, 1.82) is 0 Å². The van der Waals surface area contributed by atoms with E-state index in [1.54, 1.807) is 28.4 Å². The van der Waals surface area contributed by atoms with E-state index in [0.29, 0.717) is 29.4 Å². The number of carbonyl (C=O) groups is 1. The van der Waals surface area contributed by atoms with Crippen LogP contribution in [0, 0.1) is 0 Å². The Morgan fingerprint density at radius 2 is 1.37 bits per heavy atom. The SMILES string of the molecule is COc1cc2nc3cc(OC)c(OC)cc3c(Nc3cccc(CCOC(=O)NC(C)C)c3)c2cc1OC. The van der Waals surface area contributed by atoms with Gasteiger partial charge in [-0.15, -0.1) is 0 Å². The summed E-state index contributed by atoms with van der Waals surface area (Å²) in [6.07, 6.45) is 0.160. The van der Waals surface area contributed by atoms with Gasteiger partial charge in [0.1, 0.15) is 0 Å². The lowest BCUT2D eigenvalue weighted by atomic mass is 10.0. The van der Waals surface area contributed by atoms with Gasteiger partial charge in [-0.2, -0.15) is 0 Å². The molecule has 0 bridgehead atoms. The van der Waals surface area contributed by atoms with Crippen LogP contribution in [0.5, 0.6) is 23.0 Å². The molecule has 200 valence electrons. The summed E-state index contributed by atoms with van der Waals surface area (Å²) in [5.41, 5.74) is 4.17. The highest BCUT2D eigenvalue weighted by Gasteiger charge is 2.17. The average Bonchev–Trinajstić information content (AvgIpc) is 2.91. The van der Waals surface area contributed by atoms with E-state index in [9.17, 15) is 4.79 Å². The first kappa shape index (κ1) is 26.7. The summed E-state index contributed by atoms with van der Waals surface area (Å²) in [6, 6.07) is 15.5. The van der Waals surface area contributed by atoms with E-state index >= 15 is 0 Å². The molecular formula is C29H33N3O6. The molecule has 0 aliphatic rings. The Labute approximate surface area is 222 Å². The van der Waals surface area contributed by atoms with Gasteiger partial charge < -0.3 is 34.3 Å². The third-order valence-electron chi connectivity index (χ3n) is 6.01. The molecule has 9 heteroatoms. The minimum atomic E-state index is -0.419. The van der Waals surface area contributed by atoms with Gasteiger partial charge in [0.25, 0.3) is 0 Å². The smallest absolute Gasteiger partial charge is 0.407 e. The number of carbonyl (C=O) groups excluding carboxylic acids is 1. The number of hydrogen-bond donors (Lipinski definition) is 2. The van der Waals surface area contributed by atoms with Crippen LogP contribution in [0.4, 0.5) is 16.2 Å². The fraction of sp³-hybridized carbons (Fsp3) is 0.310. The van der Waals surface area contributed by atoms with Crippen molar-refractivity contribution in [3.8, 4) is 23.0 Å². The Morgan fingerprint density at radius 3 is 1.89 bits per heavy atom. The summed E-state index contributed by atoms with van der Waals surface area (Å²) in [4.78, 5) is 16.7. The Morgan fingerprint density at radius 1 is 0.816 bits per heavy atom. The van der Waals surface area contributed by atoms with Gasteiger partial charge in [0.2, 0.25) is 0 Å². The molecule has 3 aromatic carbocycles. The molecule has 2 N–H and O–H groups in total. The number of aromatic nitrogens is 1. The maximum Gasteiger partial charge on any atom is 0.407 e. The number of methoxy groups -OCH3 is 4. The summed E-state index contributed by atoms with van der Waals surface area (Å²) >= 11 is 0. The number of nitrogens with zero attached hydrogens (tertiary/aromatic N) is 1. The van der Waals surface area contributed by atoms with Gasteiger partial charge in [-0.3, -0.25) is 0 Å². The standard InChI is InChI=1S/C29H33N3O6/c1-17(2)30-29(33)38-11-10-18-8-7-9-19(12-18)31-28-20-13-24(34-3)26(36-5)15-22(20)32-23-16-27(37-6)25(35-4)14-21(23)28/h7-9,12-17H,10-11H2,1-6H3,(H,30,33)(H,31,32). The number of ether oxygens (including phenoxy) is 5. The lowest BCUT2D eigenvalue weighted by Crippen LogP contribution is -2.31. The fourth-order valence-electron chi connectivity index (χ4n) is 4.22. The molecule has 0 unspecified atom stereocenters. The number of amides is 1. The number of fused-ring (bicyclic) bond motifs is 2. The Hall–Kier alpha value is -4.40. The summed E-state index contributed by atoms with van der Waals surface area (Å²) in [5.74, 6) is 2.36. The van der Waals surface area contributed by atoms with E-state index in [2.05, 4.69) is 10.6 Å². The third-order valence-corrected chi connectivity index (χ3v) is 6.01. The van der Waals surface area contributed by atoms with Crippen LogP contribution in [-0.2, 0) is 11.2 Å². The van der Waals surface area contributed by atoms with Gasteiger partial charge in [0, 0.05) is 41.1 Å². The minimum absolute atomic E-state index is 0.0252. The highest BCUT2D eigenvalue weighted by atomic mass is 16.5. The van der Waals surface area contributed by atoms with Crippen molar-refractivity contribution in [2.24, 2.45) is 0 Å². The molecule has 0 aliphatic carbocycles. The largest absolute Gasteiger partial charge is 0.493 e. The van der Waals surface area contributed by atoms with Gasteiger partial charge in [-0.1, -0.05) is 12.1 Å². The van der Waals surface area contributed by atoms with Crippen molar-refractivity contribution < 1.29 is 28.5 Å². The lowest BCUT2D eigenvalue weighted by molar-refractivity contribution is 0.145. The van der Waals surface area contributed by atoms with Crippen LogP contribution >= 0.6 is 0 Å². The van der Waals surface area contributed by atoms with Crippen molar-refractivity contribution in [2.45, 2.75) is 26.3 Å². The van der Waals surface area contributed by atoms with Crippen LogP contribution in [0.1, 0.15) is 19.4 Å². The highest BCUT2D eigenvalue weighted by Crippen LogP contribution is 2.42. The van der Waals surface area contributed by atoms with Crippen LogP contribution in [0.2, 0.25) is 0 Å². The number of rotatable bonds is 10. The van der Waals surface area contributed by atoms with Gasteiger partial charge in [0.15, 0.2) is 23.0 Å². The van der Waals surface area contributed by atoms with Crippen LogP contribution in [0.25, 0.3) is 21.8 Å². The molecule has 0 saturated carbocycles. The summed E-state index contributed by atoms with van der Waals surface area (Å²) in [6.45, 7) is 4.05. The predicted molar refractivity (Wildman–Crippen MR) is 149 cm³/mol. The molecule has 9 nitrogen and oxygen atoms in total. The molecule has 0 atom stereocenters. The number of benzene rings is 3. The predicted octanol–water partition coefficient (Wildman–Crippen LogP) is 5.84. The number of anilines is 2. The van der Waals surface area contributed by atoms with Crippen molar-refractivity contribution in [2.75, 3.05) is 40.4 Å². The first-order valence-electron chi connectivity index (χ1n) is 12.3. The molecule has 1 aromatic heterocycles. The van der Waals surface area contributed by atoms with E-state index in [1.165, 1.54) is 0 Å². The minimum Gasteiger partial charge on any atom is -0.493 e. The van der Waals surface area contributed by atoms with E-state index in [4.69, 9.17) is 28.7 Å². The zero-order chi connectivity index (χ0) is 27.2. The van der Waals surface area contributed by atoms with Gasteiger partial charge >= 0.3 is 6.09 Å². The van der Waals surface area contributed by atoms with Gasteiger partial charge in [-0.05, 0) is 43.7 Å². The van der Waals surface area contributed by atoms with Crippen LogP contribution in [0.15, 0.2) is 48.5 Å². The Bertz CT molecular complexity index is 1380. The van der Waals surface area contributed by atoms with Crippen molar-refractivity contribution >= 4 is 39.3 Å². The van der Waals surface area contributed by atoms with Gasteiger partial charge in [0.05, 0.1) is 51.8 Å². The number of alkyl carbamates (subject to hydrolysis) is 1. The number of pyridine rings is 1. The average molecular weight is 520 g/mol. The lowest BCUT2D eigenvalue weighted by Gasteiger charge is -2.18. The molecule has 1 heterocycles. The Balaban J connectivity index is 1.76. The van der Waals surface area contributed by atoms with Crippen LogP contribution < -0.4 is 29.6 Å². The Kier molecular flexibility index (Phi) is 8.25. The molecule has 4 rings (SSSR count). The van der Waals surface area contributed by atoms with E-state index in [-0.39, 0.29) is 12.6 Å². The monoisotopic (exact) mass is 519 g/mol. The normalized spacial score (nSPS) is 10.9. The second kappa shape index (κ2) is 11.8. The summed E-state index contributed by atoms with van der Waals surface area (Å²) in [5, 5.41) is 8.00. The van der Waals surface area contributed by atoms with Crippen LogP contribution in [0.3, 0.4) is 0 Å². The highest BCUT2D eigenvalue weighted by molar-refractivity contribution is 6.10. The summed E-state index contributed by atoms with van der Waals surface area (Å²) in [7, 11) is 6.40. The first-order chi connectivity index (χ1) is 18.4. The molecule has 38 heavy (non-hydrogen) atoms. The van der Waals surface area contributed by atoms with E-state index in [1.807, 2.05) is 62.4 Å². The zero-order valence-corrected chi connectivity index (χ0v) is 22.5. The fourth-order valence-corrected chi connectivity index (χ4v) is 4.22. The third kappa shape index (κ3) is 5.77. The van der Waals surface area contributed by atoms with E-state index < -0.39 is 6.09 Å². The maximum absolute atomic E-state index is 11.8. The maximum atomic E-state index is 11.8. The molecule has 0 aliphatic heterocycles. The molecule has 0 spiro atoms. The second-order valence-corrected chi connectivity index (χ2v) is 8.95. The van der Waals surface area contributed by atoms with Gasteiger partial charge in [-0.25, -0.2) is 9.78 Å². The molecular weight excluding hydrogens is 486 g/mol.